The minimum atomic E-state index is -0.161. The third-order valence-corrected chi connectivity index (χ3v) is 5.67. The Morgan fingerprint density at radius 3 is 2.58 bits per heavy atom. The molecule has 0 spiro atoms. The molecule has 1 aromatic heterocycles. The summed E-state index contributed by atoms with van der Waals surface area (Å²) in [5.41, 5.74) is 3.73. The summed E-state index contributed by atoms with van der Waals surface area (Å²) < 4.78 is 0. The Morgan fingerprint density at radius 2 is 1.85 bits per heavy atom. The van der Waals surface area contributed by atoms with E-state index in [9.17, 15) is 4.79 Å². The number of rotatable bonds is 6. The number of amides is 1. The van der Waals surface area contributed by atoms with Gasteiger partial charge in [-0.3, -0.25) is 4.79 Å². The van der Waals surface area contributed by atoms with Crippen molar-refractivity contribution in [2.75, 3.05) is 6.54 Å². The Hall–Kier alpha value is -1.88. The van der Waals surface area contributed by atoms with E-state index in [-0.39, 0.29) is 5.91 Å². The van der Waals surface area contributed by atoms with Gasteiger partial charge in [0, 0.05) is 28.4 Å². The number of nitrogens with zero attached hydrogens (tertiary/aromatic N) is 1. The fourth-order valence-corrected chi connectivity index (χ4v) is 3.96. The number of halogens is 2. The molecule has 134 valence electrons. The van der Waals surface area contributed by atoms with Crippen molar-refractivity contribution in [2.45, 2.75) is 19.8 Å². The van der Waals surface area contributed by atoms with Crippen molar-refractivity contribution < 1.29 is 4.79 Å². The second kappa shape index (κ2) is 8.67. The van der Waals surface area contributed by atoms with Gasteiger partial charge in [0.25, 0.3) is 5.91 Å². The van der Waals surface area contributed by atoms with Crippen molar-refractivity contribution in [2.24, 2.45) is 0 Å². The van der Waals surface area contributed by atoms with Crippen LogP contribution in [0.1, 0.15) is 32.2 Å². The molecule has 1 heterocycles. The van der Waals surface area contributed by atoms with Gasteiger partial charge in [0.2, 0.25) is 0 Å². The Bertz CT molecular complexity index is 903. The average Bonchev–Trinajstić information content (AvgIpc) is 3.09. The molecule has 0 aliphatic heterocycles. The number of carbonyl (C=O) groups excluding carboxylic acids is 1. The summed E-state index contributed by atoms with van der Waals surface area (Å²) in [6.45, 7) is 2.65. The smallest absolute Gasteiger partial charge is 0.270 e. The Labute approximate surface area is 167 Å². The molecule has 0 saturated carbocycles. The van der Waals surface area contributed by atoms with E-state index >= 15 is 0 Å². The van der Waals surface area contributed by atoms with E-state index in [0.29, 0.717) is 28.7 Å². The number of thiazole rings is 1. The first-order valence-corrected chi connectivity index (χ1v) is 9.88. The van der Waals surface area contributed by atoms with Gasteiger partial charge in [-0.1, -0.05) is 53.5 Å². The summed E-state index contributed by atoms with van der Waals surface area (Å²) in [6.07, 6.45) is 1.31. The first-order chi connectivity index (χ1) is 12.5. The van der Waals surface area contributed by atoms with Crippen molar-refractivity contribution in [1.82, 2.24) is 10.3 Å². The van der Waals surface area contributed by atoms with Crippen molar-refractivity contribution >= 4 is 40.4 Å². The number of carbonyl (C=O) groups is 1. The number of benzene rings is 2. The molecule has 0 aliphatic carbocycles. The van der Waals surface area contributed by atoms with Crippen LogP contribution in [0.15, 0.2) is 47.8 Å². The maximum atomic E-state index is 12.3. The van der Waals surface area contributed by atoms with Crippen molar-refractivity contribution in [3.8, 4) is 0 Å². The van der Waals surface area contributed by atoms with Gasteiger partial charge < -0.3 is 5.32 Å². The molecule has 0 radical (unpaired) electrons. The van der Waals surface area contributed by atoms with Crippen LogP contribution in [0.3, 0.4) is 0 Å². The largest absolute Gasteiger partial charge is 0.350 e. The van der Waals surface area contributed by atoms with E-state index < -0.39 is 0 Å². The summed E-state index contributed by atoms with van der Waals surface area (Å²) in [5.74, 6) is -0.161. The minimum Gasteiger partial charge on any atom is -0.350 e. The van der Waals surface area contributed by atoms with Gasteiger partial charge in [0.15, 0.2) is 0 Å². The molecule has 3 nitrogen and oxygen atoms in total. The van der Waals surface area contributed by atoms with E-state index in [2.05, 4.69) is 29.4 Å². The number of hydrogen-bond acceptors (Lipinski definition) is 3. The lowest BCUT2D eigenvalue weighted by Crippen LogP contribution is -2.26. The van der Waals surface area contributed by atoms with Crippen LogP contribution >= 0.6 is 34.5 Å². The quantitative estimate of drug-likeness (QED) is 0.603. The lowest BCUT2D eigenvalue weighted by molar-refractivity contribution is 0.0949. The first kappa shape index (κ1) is 18.9. The van der Waals surface area contributed by atoms with Crippen molar-refractivity contribution in [3.05, 3.63) is 85.3 Å². The van der Waals surface area contributed by atoms with Crippen LogP contribution in [0, 0.1) is 6.92 Å². The molecule has 26 heavy (non-hydrogen) atoms. The second-order valence-electron chi connectivity index (χ2n) is 5.94. The summed E-state index contributed by atoms with van der Waals surface area (Å²) in [7, 11) is 0. The topological polar surface area (TPSA) is 42.0 Å². The van der Waals surface area contributed by atoms with Crippen LogP contribution in [0.2, 0.25) is 10.0 Å². The zero-order valence-corrected chi connectivity index (χ0v) is 16.6. The molecule has 0 saturated heterocycles. The molecule has 6 heteroatoms. The molecule has 2 aromatic carbocycles. The monoisotopic (exact) mass is 404 g/mol. The van der Waals surface area contributed by atoms with E-state index in [0.717, 1.165) is 17.0 Å². The maximum absolute atomic E-state index is 12.3. The van der Waals surface area contributed by atoms with Gasteiger partial charge in [-0.05, 0) is 42.2 Å². The van der Waals surface area contributed by atoms with Gasteiger partial charge in [-0.15, -0.1) is 11.3 Å². The van der Waals surface area contributed by atoms with Gasteiger partial charge in [-0.25, -0.2) is 4.98 Å². The van der Waals surface area contributed by atoms with Gasteiger partial charge in [0.05, 0.1) is 5.01 Å². The SMILES string of the molecule is Cc1ccccc1CCNC(=O)c1csc(Cc2c(Cl)cccc2Cl)n1. The molecular weight excluding hydrogens is 387 g/mol. The van der Waals surface area contributed by atoms with Gasteiger partial charge in [0.1, 0.15) is 5.69 Å². The Kier molecular flexibility index (Phi) is 6.30. The normalized spacial score (nSPS) is 10.7. The Balaban J connectivity index is 1.59. The molecule has 0 fully saturated rings. The Morgan fingerprint density at radius 1 is 1.12 bits per heavy atom. The highest BCUT2D eigenvalue weighted by molar-refractivity contribution is 7.09. The predicted molar refractivity (Wildman–Crippen MR) is 109 cm³/mol. The summed E-state index contributed by atoms with van der Waals surface area (Å²) in [4.78, 5) is 16.7. The van der Waals surface area contributed by atoms with E-state index in [4.69, 9.17) is 23.2 Å². The average molecular weight is 405 g/mol. The van der Waals surface area contributed by atoms with E-state index in [1.165, 1.54) is 22.5 Å². The minimum absolute atomic E-state index is 0.161. The molecule has 1 N–H and O–H groups in total. The lowest BCUT2D eigenvalue weighted by Gasteiger charge is -2.06. The highest BCUT2D eigenvalue weighted by atomic mass is 35.5. The second-order valence-corrected chi connectivity index (χ2v) is 7.69. The third kappa shape index (κ3) is 4.64. The number of aryl methyl sites for hydroxylation is 1. The first-order valence-electron chi connectivity index (χ1n) is 8.24. The number of aromatic nitrogens is 1. The molecule has 3 aromatic rings. The van der Waals surface area contributed by atoms with Gasteiger partial charge in [-0.2, -0.15) is 0 Å². The molecule has 0 unspecified atom stereocenters. The maximum Gasteiger partial charge on any atom is 0.270 e. The highest BCUT2D eigenvalue weighted by Crippen LogP contribution is 2.27. The summed E-state index contributed by atoms with van der Waals surface area (Å²) in [6, 6.07) is 13.6. The molecule has 0 bridgehead atoms. The van der Waals surface area contributed by atoms with E-state index in [1.807, 2.05) is 18.2 Å². The van der Waals surface area contributed by atoms with Crippen LogP contribution in [0.5, 0.6) is 0 Å². The third-order valence-electron chi connectivity index (χ3n) is 4.12. The molecule has 0 atom stereocenters. The zero-order chi connectivity index (χ0) is 18.5. The van der Waals surface area contributed by atoms with Crippen molar-refractivity contribution in [3.63, 3.8) is 0 Å². The predicted octanol–water partition coefficient (Wildman–Crippen LogP) is 5.32. The van der Waals surface area contributed by atoms with Crippen LogP contribution in [-0.4, -0.2) is 17.4 Å². The molecule has 3 rings (SSSR count). The van der Waals surface area contributed by atoms with E-state index in [1.54, 1.807) is 17.5 Å². The van der Waals surface area contributed by atoms with Crippen LogP contribution < -0.4 is 5.32 Å². The van der Waals surface area contributed by atoms with Crippen molar-refractivity contribution in [1.29, 1.82) is 0 Å². The fraction of sp³-hybridized carbons (Fsp3) is 0.200. The lowest BCUT2D eigenvalue weighted by atomic mass is 10.1. The summed E-state index contributed by atoms with van der Waals surface area (Å²) in [5, 5.41) is 6.72. The number of hydrogen-bond donors (Lipinski definition) is 1. The van der Waals surface area contributed by atoms with Crippen LogP contribution in [0.25, 0.3) is 0 Å². The van der Waals surface area contributed by atoms with Crippen LogP contribution in [-0.2, 0) is 12.8 Å². The molecule has 1 amide bonds. The number of nitrogens with one attached hydrogen (secondary N) is 1. The fourth-order valence-electron chi connectivity index (χ4n) is 2.64. The molecular formula is C20H18Cl2N2OS. The summed E-state index contributed by atoms with van der Waals surface area (Å²) >= 11 is 13.8. The standard InChI is InChI=1S/C20H18Cl2N2OS/c1-13-5-2-3-6-14(13)9-10-23-20(25)18-12-26-19(24-18)11-15-16(21)7-4-8-17(15)22/h2-8,12H,9-11H2,1H3,(H,23,25). The highest BCUT2D eigenvalue weighted by Gasteiger charge is 2.13. The van der Waals surface area contributed by atoms with Crippen LogP contribution in [0.4, 0.5) is 0 Å². The zero-order valence-electron chi connectivity index (χ0n) is 14.3. The molecule has 0 aliphatic rings. The van der Waals surface area contributed by atoms with Gasteiger partial charge >= 0.3 is 0 Å².